The lowest BCUT2D eigenvalue weighted by molar-refractivity contribution is -0.385. The summed E-state index contributed by atoms with van der Waals surface area (Å²) in [5, 5.41) is 26.3. The van der Waals surface area contributed by atoms with E-state index in [1.807, 2.05) is 0 Å². The fourth-order valence-corrected chi connectivity index (χ4v) is 3.09. The second kappa shape index (κ2) is 10.9. The summed E-state index contributed by atoms with van der Waals surface area (Å²) in [6, 6.07) is 14.2. The molecule has 2 N–H and O–H groups in total. The van der Waals surface area contributed by atoms with E-state index >= 15 is 0 Å². The van der Waals surface area contributed by atoms with Gasteiger partial charge < -0.3 is 15.4 Å². The summed E-state index contributed by atoms with van der Waals surface area (Å²) in [6.07, 6.45) is 0. The van der Waals surface area contributed by atoms with Crippen molar-refractivity contribution >= 4 is 52.1 Å². The Bertz CT molecular complexity index is 1330. The van der Waals surface area contributed by atoms with Gasteiger partial charge in [-0.25, -0.2) is 4.79 Å². The minimum absolute atomic E-state index is 0.0529. The zero-order valence-corrected chi connectivity index (χ0v) is 18.4. The van der Waals surface area contributed by atoms with Gasteiger partial charge in [0.15, 0.2) is 6.61 Å². The first-order valence-corrected chi connectivity index (χ1v) is 10.1. The van der Waals surface area contributed by atoms with Crippen molar-refractivity contribution in [2.24, 2.45) is 0 Å². The Morgan fingerprint density at radius 1 is 0.829 bits per heavy atom. The monoisotopic (exact) mass is 498 g/mol. The number of hydrogen-bond donors (Lipinski definition) is 2. The lowest BCUT2D eigenvalue weighted by Crippen LogP contribution is -2.22. The number of hydrogen-bond acceptors (Lipinski definition) is 8. The molecule has 0 bridgehead atoms. The Labute approximate surface area is 201 Å². The molecule has 12 nitrogen and oxygen atoms in total. The van der Waals surface area contributed by atoms with Crippen LogP contribution in [-0.2, 0) is 9.53 Å². The highest BCUT2D eigenvalue weighted by Gasteiger charge is 2.19. The molecule has 35 heavy (non-hydrogen) atoms. The van der Waals surface area contributed by atoms with Crippen molar-refractivity contribution in [3.05, 3.63) is 103 Å². The molecule has 0 fully saturated rings. The SMILES string of the molecule is O=C(COC(=O)c1ccccc1NC(=O)c1ccc([N+](=O)[O-])cc1Cl)Nc1ccc([N+](=O)[O-])cc1. The Morgan fingerprint density at radius 2 is 1.46 bits per heavy atom. The molecule has 0 saturated heterocycles. The van der Waals surface area contributed by atoms with Gasteiger partial charge in [-0.05, 0) is 30.3 Å². The quantitative estimate of drug-likeness (QED) is 0.264. The third kappa shape index (κ3) is 6.36. The standard InChI is InChI=1S/C22H15ClN4O8/c23-18-11-15(27(33)34)9-10-16(18)21(29)25-19-4-2-1-3-17(19)22(30)35-12-20(28)24-13-5-7-14(8-6-13)26(31)32/h1-11H,12H2,(H,24,28)(H,25,29). The third-order valence-electron chi connectivity index (χ3n) is 4.50. The van der Waals surface area contributed by atoms with Gasteiger partial charge in [0.1, 0.15) is 0 Å². The summed E-state index contributed by atoms with van der Waals surface area (Å²) < 4.78 is 5.01. The summed E-state index contributed by atoms with van der Waals surface area (Å²) in [5.74, 6) is -2.32. The molecule has 178 valence electrons. The number of carbonyl (C=O) groups is 3. The fourth-order valence-electron chi connectivity index (χ4n) is 2.83. The van der Waals surface area contributed by atoms with E-state index in [0.717, 1.165) is 12.1 Å². The van der Waals surface area contributed by atoms with Gasteiger partial charge in [-0.1, -0.05) is 23.7 Å². The van der Waals surface area contributed by atoms with E-state index in [1.54, 1.807) is 6.07 Å². The number of anilines is 2. The van der Waals surface area contributed by atoms with Crippen molar-refractivity contribution in [2.75, 3.05) is 17.2 Å². The predicted octanol–water partition coefficient (Wildman–Crippen LogP) is 4.20. The first-order chi connectivity index (χ1) is 16.7. The molecule has 0 heterocycles. The van der Waals surface area contributed by atoms with Crippen molar-refractivity contribution in [1.82, 2.24) is 0 Å². The topological polar surface area (TPSA) is 171 Å². The number of nitro groups is 2. The van der Waals surface area contributed by atoms with Crippen LogP contribution in [-0.4, -0.2) is 34.2 Å². The van der Waals surface area contributed by atoms with Crippen LogP contribution in [0.4, 0.5) is 22.7 Å². The van der Waals surface area contributed by atoms with E-state index in [1.165, 1.54) is 48.5 Å². The largest absolute Gasteiger partial charge is 0.452 e. The smallest absolute Gasteiger partial charge is 0.340 e. The number of non-ortho nitro benzene ring substituents is 2. The van der Waals surface area contributed by atoms with Gasteiger partial charge in [-0.2, -0.15) is 0 Å². The number of carbonyl (C=O) groups excluding carboxylic acids is 3. The van der Waals surface area contributed by atoms with Gasteiger partial charge in [0.2, 0.25) is 0 Å². The normalized spacial score (nSPS) is 10.2. The maximum atomic E-state index is 12.6. The maximum absolute atomic E-state index is 12.6. The summed E-state index contributed by atoms with van der Waals surface area (Å²) in [4.78, 5) is 57.5. The minimum atomic E-state index is -0.908. The molecule has 0 aromatic heterocycles. The van der Waals surface area contributed by atoms with Crippen molar-refractivity contribution < 1.29 is 29.0 Å². The van der Waals surface area contributed by atoms with Crippen LogP contribution in [0.25, 0.3) is 0 Å². The molecule has 0 radical (unpaired) electrons. The molecule has 0 spiro atoms. The number of benzene rings is 3. The number of amides is 2. The van der Waals surface area contributed by atoms with E-state index in [2.05, 4.69) is 10.6 Å². The van der Waals surface area contributed by atoms with Gasteiger partial charge in [-0.15, -0.1) is 0 Å². The zero-order chi connectivity index (χ0) is 25.5. The van der Waals surface area contributed by atoms with E-state index in [-0.39, 0.29) is 38.9 Å². The maximum Gasteiger partial charge on any atom is 0.340 e. The van der Waals surface area contributed by atoms with E-state index < -0.39 is 34.2 Å². The van der Waals surface area contributed by atoms with Crippen molar-refractivity contribution in [3.63, 3.8) is 0 Å². The number of ether oxygens (including phenoxy) is 1. The van der Waals surface area contributed by atoms with Gasteiger partial charge in [0, 0.05) is 30.0 Å². The second-order valence-corrected chi connectivity index (χ2v) is 7.26. The molecular weight excluding hydrogens is 484 g/mol. The van der Waals surface area contributed by atoms with Crippen LogP contribution in [0.1, 0.15) is 20.7 Å². The van der Waals surface area contributed by atoms with Gasteiger partial charge >= 0.3 is 5.97 Å². The molecule has 0 unspecified atom stereocenters. The highest BCUT2D eigenvalue weighted by molar-refractivity contribution is 6.34. The van der Waals surface area contributed by atoms with Crippen LogP contribution in [0.2, 0.25) is 5.02 Å². The molecule has 3 aromatic rings. The molecule has 0 saturated carbocycles. The number of esters is 1. The first-order valence-electron chi connectivity index (χ1n) is 9.71. The third-order valence-corrected chi connectivity index (χ3v) is 4.81. The molecule has 2 amide bonds. The zero-order valence-electron chi connectivity index (χ0n) is 17.6. The van der Waals surface area contributed by atoms with Crippen LogP contribution < -0.4 is 10.6 Å². The number of nitrogens with zero attached hydrogens (tertiary/aromatic N) is 2. The minimum Gasteiger partial charge on any atom is -0.452 e. The van der Waals surface area contributed by atoms with Crippen LogP contribution in [0.15, 0.2) is 66.7 Å². The summed E-state index contributed by atoms with van der Waals surface area (Å²) in [6.45, 7) is -0.660. The number of nitrogens with one attached hydrogen (secondary N) is 2. The second-order valence-electron chi connectivity index (χ2n) is 6.85. The van der Waals surface area contributed by atoms with Crippen LogP contribution >= 0.6 is 11.6 Å². The van der Waals surface area contributed by atoms with E-state index in [0.29, 0.717) is 0 Å². The molecule has 0 aliphatic heterocycles. The number of rotatable bonds is 8. The molecule has 0 atom stereocenters. The number of halogens is 1. The van der Waals surface area contributed by atoms with Crippen molar-refractivity contribution in [2.45, 2.75) is 0 Å². The van der Waals surface area contributed by atoms with Crippen LogP contribution in [0.3, 0.4) is 0 Å². The average molecular weight is 499 g/mol. The molecule has 13 heteroatoms. The van der Waals surface area contributed by atoms with Crippen molar-refractivity contribution in [1.29, 1.82) is 0 Å². The fraction of sp³-hybridized carbons (Fsp3) is 0.0455. The van der Waals surface area contributed by atoms with Gasteiger partial charge in [-0.3, -0.25) is 29.8 Å². The van der Waals surface area contributed by atoms with Crippen molar-refractivity contribution in [3.8, 4) is 0 Å². The first kappa shape index (κ1) is 24.8. The van der Waals surface area contributed by atoms with E-state index in [4.69, 9.17) is 16.3 Å². The summed E-state index contributed by atoms with van der Waals surface area (Å²) in [7, 11) is 0. The predicted molar refractivity (Wildman–Crippen MR) is 125 cm³/mol. The Hall–Kier alpha value is -4.84. The van der Waals surface area contributed by atoms with Gasteiger partial charge in [0.25, 0.3) is 23.2 Å². The summed E-state index contributed by atoms with van der Waals surface area (Å²) >= 11 is 5.98. The Balaban J connectivity index is 1.64. The van der Waals surface area contributed by atoms with Gasteiger partial charge in [0.05, 0.1) is 31.7 Å². The Kier molecular flexibility index (Phi) is 7.69. The average Bonchev–Trinajstić information content (AvgIpc) is 2.83. The molecule has 3 aromatic carbocycles. The molecule has 0 aliphatic rings. The highest BCUT2D eigenvalue weighted by atomic mass is 35.5. The molecular formula is C22H15ClN4O8. The van der Waals surface area contributed by atoms with Crippen LogP contribution in [0, 0.1) is 20.2 Å². The van der Waals surface area contributed by atoms with Crippen LogP contribution in [0.5, 0.6) is 0 Å². The molecule has 0 aliphatic carbocycles. The Morgan fingerprint density at radius 3 is 2.09 bits per heavy atom. The summed E-state index contributed by atoms with van der Waals surface area (Å²) in [5.41, 5.74) is -0.215. The lowest BCUT2D eigenvalue weighted by atomic mass is 10.1. The lowest BCUT2D eigenvalue weighted by Gasteiger charge is -2.12. The number of para-hydroxylation sites is 1. The molecule has 3 rings (SSSR count). The number of nitro benzene ring substituents is 2. The van der Waals surface area contributed by atoms with E-state index in [9.17, 15) is 34.6 Å². The highest BCUT2D eigenvalue weighted by Crippen LogP contribution is 2.24.